The van der Waals surface area contributed by atoms with E-state index in [4.69, 9.17) is 0 Å². The number of amides is 1. The second kappa shape index (κ2) is 6.75. The molecule has 4 rings (SSSR count). The first-order valence-corrected chi connectivity index (χ1v) is 10.9. The Morgan fingerprint density at radius 2 is 1.77 bits per heavy atom. The molecular formula is C18H19FN2O3S2. The monoisotopic (exact) mass is 394 g/mol. The molecule has 0 radical (unpaired) electrons. The Hall–Kier alpha value is -1.77. The fraction of sp³-hybridized carbons (Fsp3) is 0.389. The van der Waals surface area contributed by atoms with E-state index in [1.807, 2.05) is 0 Å². The van der Waals surface area contributed by atoms with Gasteiger partial charge in [0.15, 0.2) is 0 Å². The maximum atomic E-state index is 13.0. The van der Waals surface area contributed by atoms with Crippen LogP contribution in [0, 0.1) is 5.82 Å². The van der Waals surface area contributed by atoms with Gasteiger partial charge in [-0.15, -0.1) is 11.3 Å². The Morgan fingerprint density at radius 3 is 2.35 bits per heavy atom. The van der Waals surface area contributed by atoms with Crippen LogP contribution in [-0.2, 0) is 10.0 Å². The van der Waals surface area contributed by atoms with Crippen LogP contribution in [-0.4, -0.2) is 36.8 Å². The fourth-order valence-electron chi connectivity index (χ4n) is 4.03. The van der Waals surface area contributed by atoms with Crippen LogP contribution < -0.4 is 5.32 Å². The number of rotatable bonds is 4. The van der Waals surface area contributed by atoms with Crippen LogP contribution in [0.1, 0.15) is 36.0 Å². The molecule has 5 nitrogen and oxygen atoms in total. The maximum absolute atomic E-state index is 13.0. The van der Waals surface area contributed by atoms with Crippen LogP contribution in [0.4, 0.5) is 4.39 Å². The van der Waals surface area contributed by atoms with E-state index < -0.39 is 10.0 Å². The van der Waals surface area contributed by atoms with Crippen molar-refractivity contribution in [1.29, 1.82) is 0 Å². The summed E-state index contributed by atoms with van der Waals surface area (Å²) in [5, 5.41) is 4.75. The van der Waals surface area contributed by atoms with Gasteiger partial charge in [0.1, 0.15) is 10.0 Å². The lowest BCUT2D eigenvalue weighted by Crippen LogP contribution is -2.52. The van der Waals surface area contributed by atoms with Crippen molar-refractivity contribution < 1.29 is 17.6 Å². The molecule has 2 fully saturated rings. The third-order valence-electron chi connectivity index (χ3n) is 5.13. The fourth-order valence-corrected chi connectivity index (χ4v) is 7.01. The van der Waals surface area contributed by atoms with E-state index in [9.17, 15) is 17.6 Å². The Bertz CT molecular complexity index is 883. The summed E-state index contributed by atoms with van der Waals surface area (Å²) in [5.74, 6) is -0.629. The van der Waals surface area contributed by atoms with Crippen LogP contribution in [0.2, 0.25) is 0 Å². The van der Waals surface area contributed by atoms with E-state index in [2.05, 4.69) is 5.32 Å². The summed E-state index contributed by atoms with van der Waals surface area (Å²) in [4.78, 5) is 12.4. The lowest BCUT2D eigenvalue weighted by atomic mass is 9.99. The van der Waals surface area contributed by atoms with Crippen molar-refractivity contribution in [3.8, 4) is 0 Å². The van der Waals surface area contributed by atoms with Gasteiger partial charge in [-0.2, -0.15) is 4.31 Å². The largest absolute Gasteiger partial charge is 0.349 e. The third-order valence-corrected chi connectivity index (χ3v) is 8.51. The summed E-state index contributed by atoms with van der Waals surface area (Å²) in [7, 11) is -3.47. The molecule has 2 atom stereocenters. The SMILES string of the molecule is O=C(NC1CC2CCC(C1)N2S(=O)(=O)c1cccs1)c1ccc(F)cc1. The molecule has 1 aromatic heterocycles. The normalized spacial score (nSPS) is 26.0. The van der Waals surface area contributed by atoms with Gasteiger partial charge in [0.05, 0.1) is 0 Å². The number of carbonyl (C=O) groups excluding carboxylic acids is 1. The molecule has 2 saturated heterocycles. The minimum Gasteiger partial charge on any atom is -0.349 e. The number of benzene rings is 1. The first-order chi connectivity index (χ1) is 12.4. The number of halogens is 1. The van der Waals surface area contributed by atoms with E-state index in [1.165, 1.54) is 35.6 Å². The molecule has 1 aromatic carbocycles. The van der Waals surface area contributed by atoms with Gasteiger partial charge in [0, 0.05) is 23.7 Å². The third kappa shape index (κ3) is 3.17. The molecule has 1 N–H and O–H groups in total. The Morgan fingerprint density at radius 1 is 1.12 bits per heavy atom. The molecule has 0 aliphatic carbocycles. The van der Waals surface area contributed by atoms with Crippen molar-refractivity contribution in [2.24, 2.45) is 0 Å². The molecule has 138 valence electrons. The highest BCUT2D eigenvalue weighted by atomic mass is 32.2. The molecule has 1 amide bonds. The highest BCUT2D eigenvalue weighted by Gasteiger charge is 2.47. The van der Waals surface area contributed by atoms with Crippen LogP contribution in [0.15, 0.2) is 46.0 Å². The minimum atomic E-state index is -3.47. The number of fused-ring (bicyclic) bond motifs is 2. The number of carbonyl (C=O) groups is 1. The molecule has 2 aliphatic rings. The number of sulfonamides is 1. The molecule has 8 heteroatoms. The molecule has 0 spiro atoms. The van der Waals surface area contributed by atoms with E-state index >= 15 is 0 Å². The zero-order valence-electron chi connectivity index (χ0n) is 14.0. The van der Waals surface area contributed by atoms with Crippen LogP contribution in [0.25, 0.3) is 0 Å². The van der Waals surface area contributed by atoms with Crippen LogP contribution in [0.3, 0.4) is 0 Å². The average molecular weight is 394 g/mol. The van der Waals surface area contributed by atoms with Crippen molar-refractivity contribution >= 4 is 27.3 Å². The number of thiophene rings is 1. The topological polar surface area (TPSA) is 66.5 Å². The predicted molar refractivity (Wildman–Crippen MR) is 97.0 cm³/mol. The van der Waals surface area contributed by atoms with Gasteiger partial charge in [-0.1, -0.05) is 6.07 Å². The summed E-state index contributed by atoms with van der Waals surface area (Å²) in [6, 6.07) is 8.57. The van der Waals surface area contributed by atoms with Gasteiger partial charge in [-0.3, -0.25) is 4.79 Å². The minimum absolute atomic E-state index is 0.0696. The average Bonchev–Trinajstić information content (AvgIpc) is 3.23. The van der Waals surface area contributed by atoms with E-state index in [0.29, 0.717) is 22.6 Å². The zero-order chi connectivity index (χ0) is 18.3. The number of hydrogen-bond acceptors (Lipinski definition) is 4. The number of hydrogen-bond donors (Lipinski definition) is 1. The Balaban J connectivity index is 1.47. The lowest BCUT2D eigenvalue weighted by molar-refractivity contribution is 0.0909. The van der Waals surface area contributed by atoms with Gasteiger partial charge >= 0.3 is 0 Å². The van der Waals surface area contributed by atoms with Gasteiger partial charge < -0.3 is 5.32 Å². The summed E-state index contributed by atoms with van der Waals surface area (Å²) >= 11 is 1.24. The molecule has 2 bridgehead atoms. The maximum Gasteiger partial charge on any atom is 0.253 e. The second-order valence-electron chi connectivity index (χ2n) is 6.80. The van der Waals surface area contributed by atoms with E-state index in [1.54, 1.807) is 21.8 Å². The van der Waals surface area contributed by atoms with Gasteiger partial charge in [0.2, 0.25) is 0 Å². The van der Waals surface area contributed by atoms with Crippen LogP contribution in [0.5, 0.6) is 0 Å². The Labute approximate surface area is 155 Å². The number of piperidine rings is 1. The van der Waals surface area contributed by atoms with E-state index in [-0.39, 0.29) is 29.8 Å². The molecule has 0 saturated carbocycles. The van der Waals surface area contributed by atoms with Crippen molar-refractivity contribution in [2.75, 3.05) is 0 Å². The predicted octanol–water partition coefficient (Wildman–Crippen LogP) is 3.00. The zero-order valence-corrected chi connectivity index (χ0v) is 15.6. The Kier molecular flexibility index (Phi) is 4.58. The highest BCUT2D eigenvalue weighted by Crippen LogP contribution is 2.40. The molecule has 2 unspecified atom stereocenters. The van der Waals surface area contributed by atoms with Crippen LogP contribution >= 0.6 is 11.3 Å². The lowest BCUT2D eigenvalue weighted by Gasteiger charge is -2.37. The summed E-state index contributed by atoms with van der Waals surface area (Å²) < 4.78 is 40.8. The van der Waals surface area contributed by atoms with Crippen molar-refractivity contribution in [3.05, 3.63) is 53.2 Å². The molecule has 26 heavy (non-hydrogen) atoms. The summed E-state index contributed by atoms with van der Waals surface area (Å²) in [5.41, 5.74) is 0.410. The highest BCUT2D eigenvalue weighted by molar-refractivity contribution is 7.91. The molecule has 2 aliphatic heterocycles. The first-order valence-electron chi connectivity index (χ1n) is 8.58. The number of nitrogens with one attached hydrogen (secondary N) is 1. The number of nitrogens with zero attached hydrogens (tertiary/aromatic N) is 1. The van der Waals surface area contributed by atoms with Crippen molar-refractivity contribution in [2.45, 2.75) is 48.0 Å². The van der Waals surface area contributed by atoms with Gasteiger partial charge in [0.25, 0.3) is 15.9 Å². The van der Waals surface area contributed by atoms with E-state index in [0.717, 1.165) is 12.8 Å². The van der Waals surface area contributed by atoms with Crippen molar-refractivity contribution in [3.63, 3.8) is 0 Å². The summed E-state index contributed by atoms with van der Waals surface area (Å²) in [6.45, 7) is 0. The molecule has 2 aromatic rings. The quantitative estimate of drug-likeness (QED) is 0.867. The summed E-state index contributed by atoms with van der Waals surface area (Å²) in [6.07, 6.45) is 2.85. The van der Waals surface area contributed by atoms with Gasteiger partial charge in [-0.05, 0) is 61.4 Å². The standard InChI is InChI=1S/C18H19FN2O3S2/c19-13-5-3-12(4-6-13)18(22)20-14-10-15-7-8-16(11-14)21(15)26(23,24)17-2-1-9-25-17/h1-6,9,14-16H,7-8,10-11H2,(H,20,22). The van der Waals surface area contributed by atoms with Crippen molar-refractivity contribution in [1.82, 2.24) is 9.62 Å². The second-order valence-corrected chi connectivity index (χ2v) is 9.82. The first kappa shape index (κ1) is 17.6. The molecular weight excluding hydrogens is 375 g/mol. The molecule has 3 heterocycles. The van der Waals surface area contributed by atoms with Gasteiger partial charge in [-0.25, -0.2) is 12.8 Å². The smallest absolute Gasteiger partial charge is 0.253 e.